The zero-order chi connectivity index (χ0) is 19.1. The molecule has 0 bridgehead atoms. The summed E-state index contributed by atoms with van der Waals surface area (Å²) in [6, 6.07) is -0.179. The second kappa shape index (κ2) is 6.93. The van der Waals surface area contributed by atoms with Crippen molar-refractivity contribution < 1.29 is 14.7 Å². The fourth-order valence-electron chi connectivity index (χ4n) is 4.75. The monoisotopic (exact) mass is 379 g/mol. The third-order valence-electron chi connectivity index (χ3n) is 6.41. The number of nitrogens with zero attached hydrogens (tertiary/aromatic N) is 2. The summed E-state index contributed by atoms with van der Waals surface area (Å²) in [5, 5.41) is 16.7. The van der Waals surface area contributed by atoms with Crippen molar-refractivity contribution in [2.75, 3.05) is 6.54 Å². The maximum atomic E-state index is 13.3. The highest BCUT2D eigenvalue weighted by Gasteiger charge is 2.59. The Kier molecular flexibility index (Phi) is 5.14. The SMILES string of the molecule is CC(=O)NC[C@H]1C[C@]2(C)[C@@H](CCCC[C@]2(C)O)N1C(=O)c1csc(C)n1. The van der Waals surface area contributed by atoms with Crippen molar-refractivity contribution >= 4 is 23.2 Å². The maximum Gasteiger partial charge on any atom is 0.273 e. The molecule has 1 aliphatic carbocycles. The average molecular weight is 380 g/mol. The Morgan fingerprint density at radius 2 is 2.15 bits per heavy atom. The average Bonchev–Trinajstić information content (AvgIpc) is 3.08. The highest BCUT2D eigenvalue weighted by Crippen LogP contribution is 2.53. The molecule has 2 aliphatic rings. The fraction of sp³-hybridized carbons (Fsp3) is 0.737. The number of fused-ring (bicyclic) bond motifs is 1. The Morgan fingerprint density at radius 1 is 1.42 bits per heavy atom. The van der Waals surface area contributed by atoms with Crippen molar-refractivity contribution in [3.63, 3.8) is 0 Å². The van der Waals surface area contributed by atoms with E-state index in [1.54, 1.807) is 5.38 Å². The zero-order valence-electron chi connectivity index (χ0n) is 16.0. The first-order valence-corrected chi connectivity index (χ1v) is 10.3. The number of likely N-dealkylation sites (tertiary alicyclic amines) is 1. The van der Waals surface area contributed by atoms with Crippen LogP contribution in [0.15, 0.2) is 5.38 Å². The first kappa shape index (κ1) is 19.3. The van der Waals surface area contributed by atoms with Crippen LogP contribution in [0.25, 0.3) is 0 Å². The van der Waals surface area contributed by atoms with Gasteiger partial charge in [0.05, 0.1) is 16.7 Å². The summed E-state index contributed by atoms with van der Waals surface area (Å²) >= 11 is 1.47. The van der Waals surface area contributed by atoms with Gasteiger partial charge in [0.2, 0.25) is 5.91 Å². The maximum absolute atomic E-state index is 13.3. The van der Waals surface area contributed by atoms with E-state index in [2.05, 4.69) is 17.2 Å². The molecular formula is C19H29N3O3S. The van der Waals surface area contributed by atoms with Crippen LogP contribution in [-0.4, -0.2) is 51.0 Å². The first-order valence-electron chi connectivity index (χ1n) is 9.37. The van der Waals surface area contributed by atoms with E-state index in [4.69, 9.17) is 0 Å². The number of carbonyl (C=O) groups is 2. The molecule has 1 saturated heterocycles. The van der Waals surface area contributed by atoms with E-state index >= 15 is 0 Å². The molecule has 6 nitrogen and oxygen atoms in total. The lowest BCUT2D eigenvalue weighted by Crippen LogP contribution is -2.52. The van der Waals surface area contributed by atoms with Crippen molar-refractivity contribution in [3.8, 4) is 0 Å². The molecule has 26 heavy (non-hydrogen) atoms. The van der Waals surface area contributed by atoms with Crippen LogP contribution in [0.2, 0.25) is 0 Å². The van der Waals surface area contributed by atoms with Gasteiger partial charge in [-0.15, -0.1) is 11.3 Å². The van der Waals surface area contributed by atoms with E-state index in [1.165, 1.54) is 18.3 Å². The number of aromatic nitrogens is 1. The second-order valence-corrected chi connectivity index (χ2v) is 9.27. The molecule has 1 saturated carbocycles. The molecule has 2 fully saturated rings. The number of aryl methyl sites for hydroxylation is 1. The van der Waals surface area contributed by atoms with Crippen molar-refractivity contribution in [1.29, 1.82) is 0 Å². The minimum atomic E-state index is -0.838. The number of thiazole rings is 1. The predicted molar refractivity (Wildman–Crippen MR) is 101 cm³/mol. The number of aliphatic hydroxyl groups is 1. The normalized spacial score (nSPS) is 34.3. The molecule has 2 N–H and O–H groups in total. The number of amides is 2. The Labute approximate surface area is 159 Å². The largest absolute Gasteiger partial charge is 0.390 e. The van der Waals surface area contributed by atoms with E-state index < -0.39 is 11.0 Å². The molecule has 7 heteroatoms. The number of nitrogens with one attached hydrogen (secondary N) is 1. The van der Waals surface area contributed by atoms with Crippen LogP contribution in [0.4, 0.5) is 0 Å². The van der Waals surface area contributed by atoms with E-state index in [0.29, 0.717) is 18.7 Å². The Balaban J connectivity index is 1.98. The molecule has 0 radical (unpaired) electrons. The molecule has 0 aromatic carbocycles. The van der Waals surface area contributed by atoms with Gasteiger partial charge in [-0.05, 0) is 33.1 Å². The summed E-state index contributed by atoms with van der Waals surface area (Å²) in [6.45, 7) is 7.79. The minimum Gasteiger partial charge on any atom is -0.390 e. The van der Waals surface area contributed by atoms with Crippen molar-refractivity contribution in [1.82, 2.24) is 15.2 Å². The standard InChI is InChI=1S/C19H29N3O3S/c1-12(23)20-10-14-9-18(3)16(7-5-6-8-19(18,4)25)22(14)17(24)15-11-26-13(2)21-15/h11,14,16,25H,5-10H2,1-4H3,(H,20,23)/t14-,16-,18-,19+/m1/s1. The van der Waals surface area contributed by atoms with Gasteiger partial charge in [-0.3, -0.25) is 9.59 Å². The number of rotatable bonds is 3. The Hall–Kier alpha value is -1.47. The van der Waals surface area contributed by atoms with Gasteiger partial charge in [-0.2, -0.15) is 0 Å². The molecule has 3 rings (SSSR count). The van der Waals surface area contributed by atoms with Gasteiger partial charge in [-0.25, -0.2) is 4.98 Å². The van der Waals surface area contributed by atoms with Gasteiger partial charge in [0, 0.05) is 30.3 Å². The van der Waals surface area contributed by atoms with Crippen LogP contribution in [0.5, 0.6) is 0 Å². The van der Waals surface area contributed by atoms with Gasteiger partial charge >= 0.3 is 0 Å². The van der Waals surface area contributed by atoms with Gasteiger partial charge in [0.15, 0.2) is 0 Å². The van der Waals surface area contributed by atoms with Crippen LogP contribution in [-0.2, 0) is 4.79 Å². The lowest BCUT2D eigenvalue weighted by Gasteiger charge is -2.43. The van der Waals surface area contributed by atoms with Gasteiger partial charge in [0.1, 0.15) is 5.69 Å². The second-order valence-electron chi connectivity index (χ2n) is 8.21. The summed E-state index contributed by atoms with van der Waals surface area (Å²) in [5.41, 5.74) is -0.767. The van der Waals surface area contributed by atoms with Crippen LogP contribution < -0.4 is 5.32 Å². The van der Waals surface area contributed by atoms with Gasteiger partial charge < -0.3 is 15.3 Å². The van der Waals surface area contributed by atoms with Gasteiger partial charge in [-0.1, -0.05) is 19.8 Å². The fourth-order valence-corrected chi connectivity index (χ4v) is 5.33. The van der Waals surface area contributed by atoms with Crippen LogP contribution in [0.1, 0.15) is 68.4 Å². The Bertz CT molecular complexity index is 702. The lowest BCUT2D eigenvalue weighted by molar-refractivity contribution is -0.119. The molecule has 1 aliphatic heterocycles. The number of hydrogen-bond donors (Lipinski definition) is 2. The topological polar surface area (TPSA) is 82.5 Å². The molecule has 144 valence electrons. The lowest BCUT2D eigenvalue weighted by atomic mass is 9.67. The molecule has 4 atom stereocenters. The minimum absolute atomic E-state index is 0.0479. The third kappa shape index (κ3) is 3.27. The number of hydrogen-bond acceptors (Lipinski definition) is 5. The Morgan fingerprint density at radius 3 is 2.77 bits per heavy atom. The highest BCUT2D eigenvalue weighted by molar-refractivity contribution is 7.09. The van der Waals surface area contributed by atoms with Crippen LogP contribution in [0, 0.1) is 12.3 Å². The summed E-state index contributed by atoms with van der Waals surface area (Å²) in [5.74, 6) is -0.193. The van der Waals surface area contributed by atoms with Crippen LogP contribution in [0.3, 0.4) is 0 Å². The molecule has 0 spiro atoms. The quantitative estimate of drug-likeness (QED) is 0.845. The molecule has 2 heterocycles. The predicted octanol–water partition coefficient (Wildman–Crippen LogP) is 2.50. The molecule has 1 aromatic heterocycles. The van der Waals surface area contributed by atoms with E-state index in [0.717, 1.165) is 30.7 Å². The van der Waals surface area contributed by atoms with E-state index in [1.807, 2.05) is 18.7 Å². The summed E-state index contributed by atoms with van der Waals surface area (Å²) in [6.07, 6.45) is 4.25. The van der Waals surface area contributed by atoms with E-state index in [-0.39, 0.29) is 23.9 Å². The third-order valence-corrected chi connectivity index (χ3v) is 7.18. The molecule has 0 unspecified atom stereocenters. The van der Waals surface area contributed by atoms with Gasteiger partial charge in [0.25, 0.3) is 5.91 Å². The summed E-state index contributed by atoms with van der Waals surface area (Å²) in [4.78, 5) is 31.1. The van der Waals surface area contributed by atoms with Crippen molar-refractivity contribution in [3.05, 3.63) is 16.1 Å². The summed E-state index contributed by atoms with van der Waals surface area (Å²) < 4.78 is 0. The molecule has 1 aromatic rings. The molecular weight excluding hydrogens is 350 g/mol. The molecule has 2 amide bonds. The number of carbonyl (C=O) groups excluding carboxylic acids is 2. The smallest absolute Gasteiger partial charge is 0.273 e. The van der Waals surface area contributed by atoms with Crippen molar-refractivity contribution in [2.45, 2.75) is 77.5 Å². The summed E-state index contributed by atoms with van der Waals surface area (Å²) in [7, 11) is 0. The highest BCUT2D eigenvalue weighted by atomic mass is 32.1. The van der Waals surface area contributed by atoms with E-state index in [9.17, 15) is 14.7 Å². The van der Waals surface area contributed by atoms with Crippen molar-refractivity contribution in [2.24, 2.45) is 5.41 Å². The van der Waals surface area contributed by atoms with Crippen LogP contribution >= 0.6 is 11.3 Å². The first-order chi connectivity index (χ1) is 12.2. The zero-order valence-corrected chi connectivity index (χ0v) is 16.9.